The van der Waals surface area contributed by atoms with Gasteiger partial charge in [0.1, 0.15) is 0 Å². The van der Waals surface area contributed by atoms with Crippen molar-refractivity contribution in [2.24, 2.45) is 5.92 Å². The van der Waals surface area contributed by atoms with E-state index in [4.69, 9.17) is 11.6 Å². The molecule has 0 aromatic carbocycles. The minimum Gasteiger partial charge on any atom is -0.351 e. The van der Waals surface area contributed by atoms with Crippen molar-refractivity contribution in [2.75, 3.05) is 19.6 Å². The van der Waals surface area contributed by atoms with Crippen LogP contribution in [0.2, 0.25) is 0 Å². The van der Waals surface area contributed by atoms with Crippen LogP contribution in [0.15, 0.2) is 11.6 Å². The van der Waals surface area contributed by atoms with Crippen LogP contribution in [0.1, 0.15) is 0 Å². The van der Waals surface area contributed by atoms with Crippen LogP contribution < -0.4 is 10.6 Å². The van der Waals surface area contributed by atoms with Crippen LogP contribution in [0.25, 0.3) is 0 Å². The summed E-state index contributed by atoms with van der Waals surface area (Å²) in [6.07, 6.45) is 0. The van der Waals surface area contributed by atoms with Crippen molar-refractivity contribution in [1.29, 1.82) is 0 Å². The van der Waals surface area contributed by atoms with Gasteiger partial charge in [-0.05, 0) is 0 Å². The number of carbonyl (C=O) groups is 1. The van der Waals surface area contributed by atoms with E-state index < -0.39 is 0 Å². The van der Waals surface area contributed by atoms with E-state index in [2.05, 4.69) is 17.2 Å². The summed E-state index contributed by atoms with van der Waals surface area (Å²) < 4.78 is 0. The van der Waals surface area contributed by atoms with Gasteiger partial charge in [-0.1, -0.05) is 18.2 Å². The van der Waals surface area contributed by atoms with Crippen LogP contribution in [0.3, 0.4) is 0 Å². The maximum Gasteiger partial charge on any atom is 0.225 e. The lowest BCUT2D eigenvalue weighted by Crippen LogP contribution is -2.50. The summed E-state index contributed by atoms with van der Waals surface area (Å²) in [5.74, 6) is 0.191. The molecule has 4 heteroatoms. The normalized spacial score (nSPS) is 17.2. The van der Waals surface area contributed by atoms with Crippen molar-refractivity contribution in [3.8, 4) is 0 Å². The van der Waals surface area contributed by atoms with Crippen molar-refractivity contribution in [1.82, 2.24) is 10.6 Å². The molecule has 0 unspecified atom stereocenters. The lowest BCUT2D eigenvalue weighted by atomic mass is 10.0. The van der Waals surface area contributed by atoms with Gasteiger partial charge in [0.25, 0.3) is 0 Å². The van der Waals surface area contributed by atoms with E-state index in [0.29, 0.717) is 11.6 Å². The van der Waals surface area contributed by atoms with Crippen LogP contribution in [0.5, 0.6) is 0 Å². The van der Waals surface area contributed by atoms with Gasteiger partial charge in [0.15, 0.2) is 0 Å². The molecule has 62 valence electrons. The van der Waals surface area contributed by atoms with Crippen LogP contribution in [0, 0.1) is 5.92 Å². The van der Waals surface area contributed by atoms with E-state index >= 15 is 0 Å². The second-order valence-corrected chi connectivity index (χ2v) is 3.12. The van der Waals surface area contributed by atoms with Gasteiger partial charge in [-0.2, -0.15) is 0 Å². The zero-order valence-electron chi connectivity index (χ0n) is 6.19. The minimum absolute atomic E-state index is 0.0607. The Balaban J connectivity index is 2.15. The molecule has 0 saturated carbocycles. The molecule has 0 aromatic rings. The van der Waals surface area contributed by atoms with Gasteiger partial charge in [-0.15, -0.1) is 0 Å². The van der Waals surface area contributed by atoms with Crippen molar-refractivity contribution in [3.05, 3.63) is 11.6 Å². The average molecular weight is 175 g/mol. The molecule has 1 heterocycles. The molecule has 0 spiro atoms. The molecular weight excluding hydrogens is 164 g/mol. The molecule has 1 amide bonds. The Morgan fingerprint density at radius 2 is 2.36 bits per heavy atom. The first-order chi connectivity index (χ1) is 5.20. The SMILES string of the molecule is C=C(Cl)CNC(=O)C1CNC1. The molecule has 0 aromatic heterocycles. The summed E-state index contributed by atoms with van der Waals surface area (Å²) in [5.41, 5.74) is 0. The second kappa shape index (κ2) is 3.74. The van der Waals surface area contributed by atoms with Crippen molar-refractivity contribution in [3.63, 3.8) is 0 Å². The summed E-state index contributed by atoms with van der Waals surface area (Å²) in [6, 6.07) is 0. The quantitative estimate of drug-likeness (QED) is 0.636. The summed E-state index contributed by atoms with van der Waals surface area (Å²) in [4.78, 5) is 11.1. The van der Waals surface area contributed by atoms with Crippen molar-refractivity contribution >= 4 is 17.5 Å². The lowest BCUT2D eigenvalue weighted by Gasteiger charge is -2.25. The smallest absolute Gasteiger partial charge is 0.225 e. The molecule has 1 fully saturated rings. The van der Waals surface area contributed by atoms with Gasteiger partial charge in [0, 0.05) is 18.1 Å². The van der Waals surface area contributed by atoms with E-state index in [9.17, 15) is 4.79 Å². The highest BCUT2D eigenvalue weighted by molar-refractivity contribution is 6.29. The zero-order chi connectivity index (χ0) is 8.27. The Bertz CT molecular complexity index is 177. The molecule has 3 nitrogen and oxygen atoms in total. The summed E-state index contributed by atoms with van der Waals surface area (Å²) in [6.45, 7) is 5.39. The highest BCUT2D eigenvalue weighted by Crippen LogP contribution is 2.02. The first-order valence-electron chi connectivity index (χ1n) is 3.52. The van der Waals surface area contributed by atoms with Gasteiger partial charge in [0.2, 0.25) is 5.91 Å². The number of rotatable bonds is 3. The van der Waals surface area contributed by atoms with E-state index in [1.165, 1.54) is 0 Å². The van der Waals surface area contributed by atoms with Gasteiger partial charge < -0.3 is 10.6 Å². The fourth-order valence-corrected chi connectivity index (χ4v) is 0.868. The van der Waals surface area contributed by atoms with Gasteiger partial charge in [-0.25, -0.2) is 0 Å². The Labute approximate surface area is 70.8 Å². The molecule has 1 aliphatic rings. The molecule has 0 atom stereocenters. The predicted octanol–water partition coefficient (Wildman–Crippen LogP) is 0.0745. The fourth-order valence-electron chi connectivity index (χ4n) is 0.801. The van der Waals surface area contributed by atoms with E-state index in [0.717, 1.165) is 13.1 Å². The first-order valence-corrected chi connectivity index (χ1v) is 3.89. The molecule has 0 radical (unpaired) electrons. The zero-order valence-corrected chi connectivity index (χ0v) is 6.95. The number of amides is 1. The van der Waals surface area contributed by atoms with Gasteiger partial charge in [0.05, 0.1) is 12.5 Å². The third-order valence-corrected chi connectivity index (χ3v) is 1.74. The van der Waals surface area contributed by atoms with Crippen LogP contribution in [-0.2, 0) is 4.79 Å². The number of hydrogen-bond donors (Lipinski definition) is 2. The second-order valence-electron chi connectivity index (χ2n) is 2.59. The Kier molecular flexibility index (Phi) is 2.91. The van der Waals surface area contributed by atoms with Crippen LogP contribution in [-0.4, -0.2) is 25.5 Å². The number of halogens is 1. The fraction of sp³-hybridized carbons (Fsp3) is 0.571. The van der Waals surface area contributed by atoms with Gasteiger partial charge >= 0.3 is 0 Å². The molecule has 1 rings (SSSR count). The monoisotopic (exact) mass is 174 g/mol. The number of carbonyl (C=O) groups excluding carboxylic acids is 1. The maximum absolute atomic E-state index is 11.1. The largest absolute Gasteiger partial charge is 0.351 e. The molecule has 2 N–H and O–H groups in total. The predicted molar refractivity (Wildman–Crippen MR) is 44.4 cm³/mol. The molecule has 1 saturated heterocycles. The molecule has 0 bridgehead atoms. The van der Waals surface area contributed by atoms with Crippen LogP contribution >= 0.6 is 11.6 Å². The lowest BCUT2D eigenvalue weighted by molar-refractivity contribution is -0.126. The minimum atomic E-state index is 0.0607. The van der Waals surface area contributed by atoms with E-state index in [1.54, 1.807) is 0 Å². The molecular formula is C7H11ClN2O. The third kappa shape index (κ3) is 2.52. The molecule has 0 aliphatic carbocycles. The number of hydrogen-bond acceptors (Lipinski definition) is 2. The Morgan fingerprint density at radius 3 is 2.73 bits per heavy atom. The third-order valence-electron chi connectivity index (χ3n) is 1.61. The van der Waals surface area contributed by atoms with E-state index in [-0.39, 0.29) is 11.8 Å². The highest BCUT2D eigenvalue weighted by atomic mass is 35.5. The number of nitrogens with one attached hydrogen (secondary N) is 2. The highest BCUT2D eigenvalue weighted by Gasteiger charge is 2.24. The average Bonchev–Trinajstić information content (AvgIpc) is 1.79. The Morgan fingerprint density at radius 1 is 1.73 bits per heavy atom. The van der Waals surface area contributed by atoms with Crippen molar-refractivity contribution in [2.45, 2.75) is 0 Å². The first kappa shape index (κ1) is 8.56. The van der Waals surface area contributed by atoms with Gasteiger partial charge in [-0.3, -0.25) is 4.79 Å². The van der Waals surface area contributed by atoms with E-state index in [1.807, 2.05) is 0 Å². The topological polar surface area (TPSA) is 41.1 Å². The molecule has 11 heavy (non-hydrogen) atoms. The Hall–Kier alpha value is -0.540. The van der Waals surface area contributed by atoms with Crippen molar-refractivity contribution < 1.29 is 4.79 Å². The summed E-state index contributed by atoms with van der Waals surface area (Å²) in [5, 5.41) is 6.15. The van der Waals surface area contributed by atoms with Crippen LogP contribution in [0.4, 0.5) is 0 Å². The standard InChI is InChI=1S/C7H11ClN2O/c1-5(8)2-10-7(11)6-3-9-4-6/h6,9H,1-4H2,(H,10,11). The molecule has 1 aliphatic heterocycles. The summed E-state index contributed by atoms with van der Waals surface area (Å²) in [7, 11) is 0. The summed E-state index contributed by atoms with van der Waals surface area (Å²) >= 11 is 5.46. The maximum atomic E-state index is 11.1.